The van der Waals surface area contributed by atoms with E-state index in [1.54, 1.807) is 0 Å². The van der Waals surface area contributed by atoms with Gasteiger partial charge in [0.05, 0.1) is 21.7 Å². The lowest BCUT2D eigenvalue weighted by molar-refractivity contribution is -0.0435. The van der Waals surface area contributed by atoms with Gasteiger partial charge in [0, 0.05) is 11.8 Å². The second-order valence-corrected chi connectivity index (χ2v) is 10.6. The number of nitrogens with zero attached hydrogens (tertiary/aromatic N) is 4. The van der Waals surface area contributed by atoms with Gasteiger partial charge in [0.25, 0.3) is 9.84 Å². The Balaban J connectivity index is 1.89. The zero-order chi connectivity index (χ0) is 23.3. The fraction of sp³-hybridized carbons (Fsp3) is 0.176. The summed E-state index contributed by atoms with van der Waals surface area (Å²) in [5, 5.41) is 9.91. The van der Waals surface area contributed by atoms with Gasteiger partial charge >= 0.3 is 5.51 Å². The lowest BCUT2D eigenvalue weighted by atomic mass is 10.2. The van der Waals surface area contributed by atoms with Crippen LogP contribution < -0.4 is 0 Å². The number of H-pyrrole nitrogens is 1. The van der Waals surface area contributed by atoms with Gasteiger partial charge in [-0.2, -0.15) is 28.6 Å². The molecular weight excluding hydrogens is 475 g/mol. The van der Waals surface area contributed by atoms with Crippen LogP contribution in [0.2, 0.25) is 0 Å². The molecule has 0 aliphatic heterocycles. The van der Waals surface area contributed by atoms with Crippen molar-refractivity contribution >= 4 is 30.8 Å². The first kappa shape index (κ1) is 21.9. The molecule has 1 N–H and O–H groups in total. The molecule has 0 saturated carbocycles. The molecule has 10 nitrogen and oxygen atoms in total. The zero-order valence-corrected chi connectivity index (χ0v) is 17.6. The van der Waals surface area contributed by atoms with Gasteiger partial charge < -0.3 is 4.42 Å². The average molecular weight is 487 g/mol. The molecule has 3 heterocycles. The molecule has 4 rings (SSSR count). The van der Waals surface area contributed by atoms with Crippen molar-refractivity contribution in [1.82, 2.24) is 25.4 Å². The lowest BCUT2D eigenvalue weighted by Crippen LogP contribution is -2.23. The van der Waals surface area contributed by atoms with Crippen LogP contribution in [0.1, 0.15) is 6.92 Å². The normalized spacial score (nSPS) is 13.0. The zero-order valence-electron chi connectivity index (χ0n) is 16.0. The minimum Gasteiger partial charge on any atom is -0.435 e. The summed E-state index contributed by atoms with van der Waals surface area (Å²) < 4.78 is 92.7. The number of alkyl halides is 3. The number of rotatable bonds is 5. The van der Waals surface area contributed by atoms with Gasteiger partial charge in [0.2, 0.25) is 5.89 Å². The third-order valence-electron chi connectivity index (χ3n) is 4.46. The molecule has 168 valence electrons. The third-order valence-corrected chi connectivity index (χ3v) is 7.68. The number of aromatic nitrogens is 5. The van der Waals surface area contributed by atoms with Gasteiger partial charge in [-0.1, -0.05) is 6.92 Å². The third kappa shape index (κ3) is 3.62. The maximum absolute atomic E-state index is 12.8. The van der Waals surface area contributed by atoms with Crippen molar-refractivity contribution < 1.29 is 34.4 Å². The predicted molar refractivity (Wildman–Crippen MR) is 104 cm³/mol. The maximum Gasteiger partial charge on any atom is 0.501 e. The van der Waals surface area contributed by atoms with Gasteiger partial charge in [0.1, 0.15) is 16.9 Å². The highest BCUT2D eigenvalue weighted by atomic mass is 32.2. The summed E-state index contributed by atoms with van der Waals surface area (Å²) in [5.74, 6) is -0.585. The van der Waals surface area contributed by atoms with Gasteiger partial charge in [-0.15, -0.1) is 0 Å². The predicted octanol–water partition coefficient (Wildman–Crippen LogP) is 2.76. The number of hydrogen-bond donors (Lipinski definition) is 1. The topological polar surface area (TPSA) is 149 Å². The Kier molecular flexibility index (Phi) is 5.04. The first-order valence-electron chi connectivity index (χ1n) is 8.75. The molecule has 0 amide bonds. The Hall–Kier alpha value is -3.33. The number of sulfone groups is 2. The van der Waals surface area contributed by atoms with Gasteiger partial charge in [-0.3, -0.25) is 0 Å². The molecule has 4 aromatic rings. The number of benzene rings is 1. The van der Waals surface area contributed by atoms with Crippen LogP contribution >= 0.6 is 0 Å². The Morgan fingerprint density at radius 1 is 1.09 bits per heavy atom. The van der Waals surface area contributed by atoms with Crippen LogP contribution in [-0.4, -0.2) is 53.5 Å². The number of pyridine rings is 1. The second kappa shape index (κ2) is 7.37. The van der Waals surface area contributed by atoms with Crippen LogP contribution in [0.3, 0.4) is 0 Å². The van der Waals surface area contributed by atoms with E-state index >= 15 is 0 Å². The molecule has 0 unspecified atom stereocenters. The smallest absolute Gasteiger partial charge is 0.435 e. The highest BCUT2D eigenvalue weighted by molar-refractivity contribution is 7.92. The van der Waals surface area contributed by atoms with Crippen molar-refractivity contribution in [3.63, 3.8) is 0 Å². The number of hydrogen-bond acceptors (Lipinski definition) is 9. The molecule has 0 atom stereocenters. The molecule has 0 saturated heterocycles. The van der Waals surface area contributed by atoms with E-state index in [0.717, 1.165) is 12.1 Å². The Morgan fingerprint density at radius 2 is 1.84 bits per heavy atom. The van der Waals surface area contributed by atoms with Crippen LogP contribution in [0.25, 0.3) is 33.9 Å². The van der Waals surface area contributed by atoms with Gasteiger partial charge in [0.15, 0.2) is 15.4 Å². The van der Waals surface area contributed by atoms with Crippen LogP contribution in [0, 0.1) is 0 Å². The summed E-state index contributed by atoms with van der Waals surface area (Å²) in [4.78, 5) is 6.83. The summed E-state index contributed by atoms with van der Waals surface area (Å²) >= 11 is 0. The molecule has 0 spiro atoms. The molecule has 32 heavy (non-hydrogen) atoms. The van der Waals surface area contributed by atoms with Crippen molar-refractivity contribution in [2.24, 2.45) is 0 Å². The largest absolute Gasteiger partial charge is 0.501 e. The van der Waals surface area contributed by atoms with Crippen LogP contribution in [0.15, 0.2) is 50.9 Å². The highest BCUT2D eigenvalue weighted by Crippen LogP contribution is 2.34. The highest BCUT2D eigenvalue weighted by Gasteiger charge is 2.47. The number of aromatic amines is 1. The number of oxazole rings is 1. The minimum atomic E-state index is -5.60. The monoisotopic (exact) mass is 487 g/mol. The fourth-order valence-corrected chi connectivity index (χ4v) is 4.62. The lowest BCUT2D eigenvalue weighted by Gasteiger charge is -2.07. The van der Waals surface area contributed by atoms with E-state index in [9.17, 15) is 30.0 Å². The molecule has 0 radical (unpaired) electrons. The molecule has 0 aliphatic rings. The molecular formula is C17H12F3N5O5S2. The summed E-state index contributed by atoms with van der Waals surface area (Å²) in [7, 11) is -9.44. The van der Waals surface area contributed by atoms with Crippen molar-refractivity contribution in [1.29, 1.82) is 0 Å². The second-order valence-electron chi connectivity index (χ2n) is 6.43. The van der Waals surface area contributed by atoms with E-state index in [-0.39, 0.29) is 33.3 Å². The van der Waals surface area contributed by atoms with E-state index < -0.39 is 30.1 Å². The Labute approximate surface area is 178 Å². The SMILES string of the molecule is CCS(=O)(=O)c1cc(-c2cn[nH]n2)cnc1-c1nc2cc(S(=O)(=O)C(F)(F)F)ccc2o1. The van der Waals surface area contributed by atoms with Crippen LogP contribution in [0.4, 0.5) is 13.2 Å². The number of halogens is 3. The number of nitrogens with one attached hydrogen (secondary N) is 1. The molecule has 0 fully saturated rings. The minimum absolute atomic E-state index is 0.0525. The van der Waals surface area contributed by atoms with Gasteiger partial charge in [-0.05, 0) is 24.3 Å². The summed E-state index contributed by atoms with van der Waals surface area (Å²) in [5.41, 5.74) is -5.28. The number of fused-ring (bicyclic) bond motifs is 1. The van der Waals surface area contributed by atoms with Crippen LogP contribution in [0.5, 0.6) is 0 Å². The molecule has 0 aliphatic carbocycles. The quantitative estimate of drug-likeness (QED) is 0.448. The summed E-state index contributed by atoms with van der Waals surface area (Å²) in [6, 6.07) is 3.73. The van der Waals surface area contributed by atoms with Crippen molar-refractivity contribution in [3.8, 4) is 22.8 Å². The molecule has 15 heteroatoms. The first-order valence-corrected chi connectivity index (χ1v) is 11.9. The van der Waals surface area contributed by atoms with Crippen LogP contribution in [-0.2, 0) is 19.7 Å². The summed E-state index contributed by atoms with van der Waals surface area (Å²) in [6.07, 6.45) is 2.66. The van der Waals surface area contributed by atoms with Gasteiger partial charge in [-0.25, -0.2) is 26.8 Å². The summed E-state index contributed by atoms with van der Waals surface area (Å²) in [6.45, 7) is 1.42. The Morgan fingerprint density at radius 3 is 2.47 bits per heavy atom. The first-order chi connectivity index (χ1) is 14.9. The van der Waals surface area contributed by atoms with E-state index in [1.165, 1.54) is 25.4 Å². The molecule has 3 aromatic heterocycles. The molecule has 1 aromatic carbocycles. The average Bonchev–Trinajstić information content (AvgIpc) is 3.41. The maximum atomic E-state index is 12.8. The molecule has 0 bridgehead atoms. The van der Waals surface area contributed by atoms with E-state index in [2.05, 4.69) is 25.4 Å². The van der Waals surface area contributed by atoms with E-state index in [0.29, 0.717) is 17.3 Å². The van der Waals surface area contributed by atoms with E-state index in [4.69, 9.17) is 4.42 Å². The fourth-order valence-electron chi connectivity index (χ4n) is 2.79. The standard InChI is InChI=1S/C17H12F3N5O5S2/c1-2-31(26,27)14-5-9(12-8-22-25-24-12)7-21-15(14)16-23-11-6-10(3-4-13(11)30-16)32(28,29)17(18,19)20/h3-8H,2H2,1H3,(H,22,24,25). The van der Waals surface area contributed by atoms with Crippen molar-refractivity contribution in [3.05, 3.63) is 36.7 Å². The van der Waals surface area contributed by atoms with Crippen molar-refractivity contribution in [2.75, 3.05) is 5.75 Å². The van der Waals surface area contributed by atoms with E-state index in [1.807, 2.05) is 0 Å². The van der Waals surface area contributed by atoms with Crippen molar-refractivity contribution in [2.45, 2.75) is 22.2 Å². The Bertz CT molecular complexity index is 1530.